The maximum absolute atomic E-state index is 12.1. The molecule has 1 aromatic rings. The number of hydrogen-bond acceptors (Lipinski definition) is 8. The minimum absolute atomic E-state index is 0.00653. The summed E-state index contributed by atoms with van der Waals surface area (Å²) in [5, 5.41) is 9.52. The van der Waals surface area contributed by atoms with E-state index in [0.717, 1.165) is 19.3 Å². The quantitative estimate of drug-likeness (QED) is 0.239. The molecule has 2 unspecified atom stereocenters. The van der Waals surface area contributed by atoms with Crippen molar-refractivity contribution in [1.29, 1.82) is 0 Å². The molecule has 0 saturated heterocycles. The fraction of sp³-hybridized carbons (Fsp3) is 0.583. The molecule has 0 heterocycles. The number of ether oxygens (including phenoxy) is 3. The zero-order chi connectivity index (χ0) is 25.0. The summed E-state index contributed by atoms with van der Waals surface area (Å²) in [6, 6.07) is 3.13. The van der Waals surface area contributed by atoms with Gasteiger partial charge in [0.2, 0.25) is 0 Å². The lowest BCUT2D eigenvalue weighted by Crippen LogP contribution is -2.38. The molecule has 184 valence electrons. The number of esters is 3. The van der Waals surface area contributed by atoms with E-state index in [-0.39, 0.29) is 36.7 Å². The Kier molecular flexibility index (Phi) is 12.1. The fourth-order valence-corrected chi connectivity index (χ4v) is 3.18. The second-order valence-electron chi connectivity index (χ2n) is 7.83. The molecule has 0 bridgehead atoms. The molecule has 1 rings (SSSR count). The minimum Gasteiger partial charge on any atom is -0.480 e. The number of rotatable bonds is 14. The molecule has 33 heavy (non-hydrogen) atoms. The average molecular weight is 466 g/mol. The topological polar surface area (TPSA) is 142 Å². The summed E-state index contributed by atoms with van der Waals surface area (Å²) in [6.07, 6.45) is 2.69. The van der Waals surface area contributed by atoms with Crippen LogP contribution in [0.5, 0.6) is 11.5 Å². The lowest BCUT2D eigenvalue weighted by atomic mass is 9.87. The lowest BCUT2D eigenvalue weighted by Gasteiger charge is -2.25. The Labute approximate surface area is 194 Å². The summed E-state index contributed by atoms with van der Waals surface area (Å²) in [6.45, 7) is 6.95. The molecule has 9 heteroatoms. The van der Waals surface area contributed by atoms with E-state index in [4.69, 9.17) is 19.9 Å². The van der Waals surface area contributed by atoms with E-state index in [9.17, 15) is 24.3 Å². The van der Waals surface area contributed by atoms with Crippen molar-refractivity contribution in [2.75, 3.05) is 0 Å². The van der Waals surface area contributed by atoms with Gasteiger partial charge >= 0.3 is 23.9 Å². The van der Waals surface area contributed by atoms with Gasteiger partial charge in [-0.05, 0) is 37.5 Å². The molecule has 0 spiro atoms. The van der Waals surface area contributed by atoms with E-state index in [1.807, 2.05) is 6.92 Å². The van der Waals surface area contributed by atoms with Gasteiger partial charge in [-0.3, -0.25) is 19.2 Å². The second kappa shape index (κ2) is 14.3. The molecule has 0 aromatic heterocycles. The molecule has 0 saturated carbocycles. The van der Waals surface area contributed by atoms with Gasteiger partial charge < -0.3 is 25.1 Å². The average Bonchev–Trinajstić information content (AvgIpc) is 2.77. The summed E-state index contributed by atoms with van der Waals surface area (Å²) in [4.78, 5) is 47.3. The van der Waals surface area contributed by atoms with E-state index >= 15 is 0 Å². The van der Waals surface area contributed by atoms with Gasteiger partial charge in [0.25, 0.3) is 0 Å². The Morgan fingerprint density at radius 3 is 2.09 bits per heavy atom. The summed E-state index contributed by atoms with van der Waals surface area (Å²) < 4.78 is 16.0. The van der Waals surface area contributed by atoms with Crippen LogP contribution < -0.4 is 15.2 Å². The number of benzene rings is 1. The van der Waals surface area contributed by atoms with Gasteiger partial charge in [-0.2, -0.15) is 0 Å². The molecule has 1 aromatic carbocycles. The first-order valence-corrected chi connectivity index (χ1v) is 11.4. The number of unbranched alkanes of at least 4 members (excludes halogenated alkanes) is 2. The van der Waals surface area contributed by atoms with Crippen molar-refractivity contribution in [2.24, 2.45) is 5.73 Å². The number of carboxylic acid groups (broad SMARTS) is 1. The second-order valence-corrected chi connectivity index (χ2v) is 7.83. The third kappa shape index (κ3) is 9.61. The predicted octanol–water partition coefficient (Wildman–Crippen LogP) is 3.72. The number of hydrogen-bond donors (Lipinski definition) is 2. The summed E-state index contributed by atoms with van der Waals surface area (Å²) >= 11 is 0. The summed E-state index contributed by atoms with van der Waals surface area (Å²) in [7, 11) is 0. The van der Waals surface area contributed by atoms with Gasteiger partial charge in [-0.15, -0.1) is 0 Å². The van der Waals surface area contributed by atoms with Gasteiger partial charge in [-0.1, -0.05) is 39.7 Å². The van der Waals surface area contributed by atoms with E-state index in [1.165, 1.54) is 12.1 Å². The Bertz CT molecular complexity index is 823. The SMILES string of the molecule is CCCCCC(=O)OC(C)CC(c1ccc(OC(=O)CC)c(OC(=O)CC)c1)[C@H](N)C(=O)O. The van der Waals surface area contributed by atoms with E-state index in [1.54, 1.807) is 26.8 Å². The van der Waals surface area contributed by atoms with Crippen LogP contribution in [-0.4, -0.2) is 41.1 Å². The van der Waals surface area contributed by atoms with Crippen molar-refractivity contribution in [3.8, 4) is 11.5 Å². The van der Waals surface area contributed by atoms with Crippen LogP contribution in [0, 0.1) is 0 Å². The van der Waals surface area contributed by atoms with Crippen molar-refractivity contribution >= 4 is 23.9 Å². The normalized spacial score (nSPS) is 13.5. The maximum Gasteiger partial charge on any atom is 0.321 e. The van der Waals surface area contributed by atoms with Gasteiger partial charge in [0.15, 0.2) is 11.5 Å². The molecule has 0 aliphatic rings. The molecule has 0 amide bonds. The molecular weight excluding hydrogens is 430 g/mol. The molecular formula is C24H35NO8. The molecule has 0 radical (unpaired) electrons. The number of carboxylic acids is 1. The standard InChI is InChI=1S/C24H35NO8/c1-5-8-9-10-22(28)31-15(4)13-17(23(25)24(29)30)16-11-12-18(32-20(26)6-2)19(14-16)33-21(27)7-3/h11-12,14-15,17,23H,5-10,13,25H2,1-4H3,(H,29,30)/t15?,17?,23-/m0/s1. The van der Waals surface area contributed by atoms with Gasteiger partial charge in [-0.25, -0.2) is 0 Å². The highest BCUT2D eigenvalue weighted by atomic mass is 16.6. The zero-order valence-corrected chi connectivity index (χ0v) is 19.8. The first kappa shape index (κ1) is 28.1. The van der Waals surface area contributed by atoms with E-state index < -0.39 is 36.0 Å². The smallest absolute Gasteiger partial charge is 0.321 e. The van der Waals surface area contributed by atoms with Crippen LogP contribution in [-0.2, 0) is 23.9 Å². The maximum atomic E-state index is 12.1. The van der Waals surface area contributed by atoms with Crippen LogP contribution in [0.15, 0.2) is 18.2 Å². The molecule has 0 aliphatic heterocycles. The molecule has 3 atom stereocenters. The minimum atomic E-state index is -1.30. The molecule has 0 aliphatic carbocycles. The third-order valence-corrected chi connectivity index (χ3v) is 5.04. The van der Waals surface area contributed by atoms with Crippen molar-refractivity contribution < 1.29 is 38.5 Å². The predicted molar refractivity (Wildman–Crippen MR) is 121 cm³/mol. The lowest BCUT2D eigenvalue weighted by molar-refractivity contribution is -0.149. The monoisotopic (exact) mass is 465 g/mol. The first-order valence-electron chi connectivity index (χ1n) is 11.4. The van der Waals surface area contributed by atoms with Crippen molar-refractivity contribution in [3.05, 3.63) is 23.8 Å². The fourth-order valence-electron chi connectivity index (χ4n) is 3.18. The van der Waals surface area contributed by atoms with E-state index in [0.29, 0.717) is 12.0 Å². The molecule has 3 N–H and O–H groups in total. The van der Waals surface area contributed by atoms with Crippen LogP contribution in [0.1, 0.15) is 84.1 Å². The van der Waals surface area contributed by atoms with Crippen molar-refractivity contribution in [1.82, 2.24) is 0 Å². The van der Waals surface area contributed by atoms with Crippen molar-refractivity contribution in [2.45, 2.75) is 90.7 Å². The largest absolute Gasteiger partial charge is 0.480 e. The van der Waals surface area contributed by atoms with Gasteiger partial charge in [0.05, 0.1) is 6.10 Å². The van der Waals surface area contributed by atoms with E-state index in [2.05, 4.69) is 0 Å². The number of carbonyl (C=O) groups is 4. The van der Waals surface area contributed by atoms with Crippen LogP contribution in [0.3, 0.4) is 0 Å². The van der Waals surface area contributed by atoms with Crippen molar-refractivity contribution in [3.63, 3.8) is 0 Å². The molecule has 0 fully saturated rings. The highest BCUT2D eigenvalue weighted by molar-refractivity contribution is 5.77. The zero-order valence-electron chi connectivity index (χ0n) is 19.8. The summed E-state index contributed by atoms with van der Waals surface area (Å²) in [5.41, 5.74) is 6.41. The van der Waals surface area contributed by atoms with Crippen LogP contribution in [0.2, 0.25) is 0 Å². The Hall–Kier alpha value is -2.94. The number of aliphatic carboxylic acids is 1. The number of nitrogens with two attached hydrogens (primary N) is 1. The molecule has 9 nitrogen and oxygen atoms in total. The van der Waals surface area contributed by atoms with Crippen LogP contribution >= 0.6 is 0 Å². The highest BCUT2D eigenvalue weighted by Gasteiger charge is 2.30. The Morgan fingerprint density at radius 2 is 1.55 bits per heavy atom. The third-order valence-electron chi connectivity index (χ3n) is 5.04. The Balaban J connectivity index is 3.17. The Morgan fingerprint density at radius 1 is 0.939 bits per heavy atom. The van der Waals surface area contributed by atoms with Gasteiger partial charge in [0, 0.05) is 25.2 Å². The van der Waals surface area contributed by atoms with Crippen LogP contribution in [0.25, 0.3) is 0 Å². The van der Waals surface area contributed by atoms with Gasteiger partial charge in [0.1, 0.15) is 6.04 Å². The number of carbonyl (C=O) groups excluding carboxylic acids is 3. The summed E-state index contributed by atoms with van der Waals surface area (Å²) in [5.74, 6) is -3.35. The first-order chi connectivity index (χ1) is 15.6. The van der Waals surface area contributed by atoms with Crippen LogP contribution in [0.4, 0.5) is 0 Å². The highest BCUT2D eigenvalue weighted by Crippen LogP contribution is 2.35.